The van der Waals surface area contributed by atoms with E-state index >= 15 is 0 Å². The normalized spacial score (nSPS) is 10.0. The highest BCUT2D eigenvalue weighted by atomic mass is 79.9. The molecule has 2 aromatic rings. The van der Waals surface area contributed by atoms with E-state index in [0.717, 1.165) is 15.9 Å². The van der Waals surface area contributed by atoms with Crippen LogP contribution in [0.15, 0.2) is 53.0 Å². The summed E-state index contributed by atoms with van der Waals surface area (Å²) in [5.74, 6) is 0.847. The molecule has 3 heteroatoms. The summed E-state index contributed by atoms with van der Waals surface area (Å²) in [6.45, 7) is 2.53. The Morgan fingerprint density at radius 3 is 2.71 bits per heavy atom. The van der Waals surface area contributed by atoms with Gasteiger partial charge in [0.15, 0.2) is 6.73 Å². The van der Waals surface area contributed by atoms with E-state index in [9.17, 15) is 0 Å². The lowest BCUT2D eigenvalue weighted by molar-refractivity contribution is 0.346. The number of hydrogen-bond acceptors (Lipinski definition) is 2. The van der Waals surface area contributed by atoms with E-state index in [2.05, 4.69) is 40.3 Å². The van der Waals surface area contributed by atoms with Gasteiger partial charge in [-0.2, -0.15) is 0 Å². The van der Waals surface area contributed by atoms with Gasteiger partial charge in [-0.1, -0.05) is 34.1 Å². The van der Waals surface area contributed by atoms with Gasteiger partial charge in [0.25, 0.3) is 0 Å². The summed E-state index contributed by atoms with van der Waals surface area (Å²) in [6.07, 6.45) is 0. The van der Waals surface area contributed by atoms with Crippen LogP contribution in [0.1, 0.15) is 5.56 Å². The van der Waals surface area contributed by atoms with Gasteiger partial charge in [0.05, 0.1) is 0 Å². The predicted octanol–water partition coefficient (Wildman–Crippen LogP) is 4.21. The maximum Gasteiger partial charge on any atom is 0.159 e. The van der Waals surface area contributed by atoms with Crippen LogP contribution in [0.4, 0.5) is 5.69 Å². The van der Waals surface area contributed by atoms with Crippen molar-refractivity contribution < 1.29 is 4.74 Å². The number of hydrogen-bond donors (Lipinski definition) is 1. The number of rotatable bonds is 4. The first-order valence-electron chi connectivity index (χ1n) is 5.43. The molecule has 17 heavy (non-hydrogen) atoms. The van der Waals surface area contributed by atoms with Crippen molar-refractivity contribution in [2.45, 2.75) is 6.92 Å². The Bertz CT molecular complexity index is 454. The van der Waals surface area contributed by atoms with Crippen molar-refractivity contribution in [1.82, 2.24) is 0 Å². The summed E-state index contributed by atoms with van der Waals surface area (Å²) in [4.78, 5) is 0. The maximum atomic E-state index is 5.59. The minimum Gasteiger partial charge on any atom is -0.473 e. The molecular formula is C14H14BrNO. The second-order valence-electron chi connectivity index (χ2n) is 3.79. The largest absolute Gasteiger partial charge is 0.473 e. The van der Waals surface area contributed by atoms with Crippen LogP contribution >= 0.6 is 15.9 Å². The molecule has 0 amide bonds. The fourth-order valence-corrected chi connectivity index (χ4v) is 1.89. The molecular weight excluding hydrogens is 278 g/mol. The van der Waals surface area contributed by atoms with Crippen molar-refractivity contribution in [2.75, 3.05) is 12.0 Å². The molecule has 2 aromatic carbocycles. The molecule has 0 bridgehead atoms. The molecule has 2 rings (SSSR count). The smallest absolute Gasteiger partial charge is 0.159 e. The van der Waals surface area contributed by atoms with Crippen LogP contribution in [0.2, 0.25) is 0 Å². The van der Waals surface area contributed by atoms with Crippen LogP contribution in [-0.2, 0) is 0 Å². The summed E-state index contributed by atoms with van der Waals surface area (Å²) in [5, 5.41) is 3.22. The Kier molecular flexibility index (Phi) is 4.04. The number of benzene rings is 2. The van der Waals surface area contributed by atoms with E-state index in [1.54, 1.807) is 0 Å². The van der Waals surface area contributed by atoms with Gasteiger partial charge in [0.2, 0.25) is 0 Å². The molecule has 0 heterocycles. The first-order chi connectivity index (χ1) is 8.24. The van der Waals surface area contributed by atoms with Crippen molar-refractivity contribution >= 4 is 21.6 Å². The van der Waals surface area contributed by atoms with Crippen molar-refractivity contribution in [3.63, 3.8) is 0 Å². The Morgan fingerprint density at radius 1 is 1.12 bits per heavy atom. The van der Waals surface area contributed by atoms with Crippen LogP contribution < -0.4 is 10.1 Å². The van der Waals surface area contributed by atoms with Gasteiger partial charge in [-0.15, -0.1) is 0 Å². The third-order valence-corrected chi connectivity index (χ3v) is 2.82. The quantitative estimate of drug-likeness (QED) is 0.852. The third-order valence-electron chi connectivity index (χ3n) is 2.33. The van der Waals surface area contributed by atoms with Crippen molar-refractivity contribution in [3.8, 4) is 5.75 Å². The molecule has 0 aliphatic rings. The van der Waals surface area contributed by atoms with Crippen molar-refractivity contribution in [3.05, 3.63) is 58.6 Å². The second-order valence-corrected chi connectivity index (χ2v) is 4.71. The summed E-state index contributed by atoms with van der Waals surface area (Å²) in [6, 6.07) is 16.0. The number of halogens is 1. The molecule has 0 saturated carbocycles. The summed E-state index contributed by atoms with van der Waals surface area (Å²) in [7, 11) is 0. The highest BCUT2D eigenvalue weighted by Crippen LogP contribution is 2.18. The van der Waals surface area contributed by atoms with Crippen LogP contribution in [0.3, 0.4) is 0 Å². The Hall–Kier alpha value is -1.48. The summed E-state index contributed by atoms with van der Waals surface area (Å²) >= 11 is 3.41. The minimum absolute atomic E-state index is 0.458. The first-order valence-corrected chi connectivity index (χ1v) is 6.22. The van der Waals surface area contributed by atoms with Crippen LogP contribution in [0, 0.1) is 6.92 Å². The van der Waals surface area contributed by atoms with E-state index in [1.807, 2.05) is 36.4 Å². The van der Waals surface area contributed by atoms with Gasteiger partial charge < -0.3 is 10.1 Å². The molecule has 0 saturated heterocycles. The molecule has 0 spiro atoms. The molecule has 2 nitrogen and oxygen atoms in total. The molecule has 0 radical (unpaired) electrons. The number of aryl methyl sites for hydroxylation is 1. The topological polar surface area (TPSA) is 21.3 Å². The fourth-order valence-electron chi connectivity index (χ4n) is 1.51. The van der Waals surface area contributed by atoms with Gasteiger partial charge in [0, 0.05) is 10.2 Å². The molecule has 0 atom stereocenters. The zero-order valence-electron chi connectivity index (χ0n) is 9.61. The number of ether oxygens (including phenoxy) is 1. The highest BCUT2D eigenvalue weighted by Gasteiger charge is 1.95. The standard InChI is InChI=1S/C14H14BrNO/c1-11-4-2-6-13(8-11)16-10-17-14-7-3-5-12(15)9-14/h2-9,16H,10H2,1H3. The van der Waals surface area contributed by atoms with Gasteiger partial charge in [-0.05, 0) is 42.8 Å². The molecule has 0 aromatic heterocycles. The van der Waals surface area contributed by atoms with Crippen LogP contribution in [0.5, 0.6) is 5.75 Å². The van der Waals surface area contributed by atoms with Gasteiger partial charge >= 0.3 is 0 Å². The lowest BCUT2D eigenvalue weighted by Crippen LogP contribution is -2.08. The van der Waals surface area contributed by atoms with E-state index in [1.165, 1.54) is 5.56 Å². The summed E-state index contributed by atoms with van der Waals surface area (Å²) in [5.41, 5.74) is 2.30. The third kappa shape index (κ3) is 3.79. The monoisotopic (exact) mass is 291 g/mol. The van der Waals surface area contributed by atoms with Gasteiger partial charge in [0.1, 0.15) is 5.75 Å². The molecule has 0 unspecified atom stereocenters. The SMILES string of the molecule is Cc1cccc(NCOc2cccc(Br)c2)c1. The second kappa shape index (κ2) is 5.73. The molecule has 0 fully saturated rings. The molecule has 88 valence electrons. The summed E-state index contributed by atoms with van der Waals surface area (Å²) < 4.78 is 6.61. The van der Waals surface area contributed by atoms with Gasteiger partial charge in [-0.25, -0.2) is 0 Å². The van der Waals surface area contributed by atoms with Crippen LogP contribution in [0.25, 0.3) is 0 Å². The zero-order valence-corrected chi connectivity index (χ0v) is 11.2. The van der Waals surface area contributed by atoms with Gasteiger partial charge in [-0.3, -0.25) is 0 Å². The molecule has 0 aliphatic carbocycles. The Labute approximate surface area is 110 Å². The highest BCUT2D eigenvalue weighted by molar-refractivity contribution is 9.10. The lowest BCUT2D eigenvalue weighted by Gasteiger charge is -2.09. The number of nitrogens with one attached hydrogen (secondary N) is 1. The fraction of sp³-hybridized carbons (Fsp3) is 0.143. The maximum absolute atomic E-state index is 5.59. The van der Waals surface area contributed by atoms with Crippen molar-refractivity contribution in [1.29, 1.82) is 0 Å². The minimum atomic E-state index is 0.458. The van der Waals surface area contributed by atoms with E-state index in [4.69, 9.17) is 4.74 Å². The van der Waals surface area contributed by atoms with E-state index < -0.39 is 0 Å². The Morgan fingerprint density at radius 2 is 1.94 bits per heavy atom. The van der Waals surface area contributed by atoms with Crippen molar-refractivity contribution in [2.24, 2.45) is 0 Å². The number of anilines is 1. The van der Waals surface area contributed by atoms with E-state index in [-0.39, 0.29) is 0 Å². The first kappa shape index (κ1) is 12.0. The molecule has 1 N–H and O–H groups in total. The van der Waals surface area contributed by atoms with E-state index in [0.29, 0.717) is 6.73 Å². The molecule has 0 aliphatic heterocycles. The zero-order chi connectivity index (χ0) is 12.1. The average molecular weight is 292 g/mol. The predicted molar refractivity (Wildman–Crippen MR) is 74.4 cm³/mol. The van der Waals surface area contributed by atoms with Crippen LogP contribution in [-0.4, -0.2) is 6.73 Å². The lowest BCUT2D eigenvalue weighted by atomic mass is 10.2. The average Bonchev–Trinajstić information content (AvgIpc) is 2.29. The Balaban J connectivity index is 1.87.